The van der Waals surface area contributed by atoms with Crippen LogP contribution in [0.15, 0.2) is 41.6 Å². The fraction of sp³-hybridized carbons (Fsp3) is 0.125. The summed E-state index contributed by atoms with van der Waals surface area (Å²) in [6.07, 6.45) is -0.739. The van der Waals surface area contributed by atoms with E-state index < -0.39 is 17.4 Å². The molecule has 0 aliphatic carbocycles. The quantitative estimate of drug-likeness (QED) is 0.563. The maximum Gasteiger partial charge on any atom is 0.433 e. The van der Waals surface area contributed by atoms with Crippen LogP contribution in [0.25, 0.3) is 27.6 Å². The van der Waals surface area contributed by atoms with Gasteiger partial charge >= 0.3 is 6.18 Å². The molecule has 7 nitrogen and oxygen atoms in total. The minimum Gasteiger partial charge on any atom is -0.506 e. The van der Waals surface area contributed by atoms with Gasteiger partial charge in [0, 0.05) is 30.1 Å². The van der Waals surface area contributed by atoms with Crippen LogP contribution in [0.3, 0.4) is 0 Å². The van der Waals surface area contributed by atoms with Crippen LogP contribution in [0.2, 0.25) is 0 Å². The predicted octanol–water partition coefficient (Wildman–Crippen LogP) is 2.39. The number of halogens is 3. The van der Waals surface area contributed by atoms with Gasteiger partial charge in [-0.3, -0.25) is 19.0 Å². The second-order valence-electron chi connectivity index (χ2n) is 5.67. The van der Waals surface area contributed by atoms with E-state index in [1.54, 1.807) is 13.2 Å². The molecule has 26 heavy (non-hydrogen) atoms. The van der Waals surface area contributed by atoms with E-state index in [2.05, 4.69) is 15.1 Å². The molecule has 10 heteroatoms. The molecule has 1 N–H and O–H groups in total. The summed E-state index contributed by atoms with van der Waals surface area (Å²) >= 11 is 0. The third kappa shape index (κ3) is 2.38. The van der Waals surface area contributed by atoms with Gasteiger partial charge in [-0.2, -0.15) is 18.3 Å². The zero-order valence-corrected chi connectivity index (χ0v) is 13.2. The van der Waals surface area contributed by atoms with Gasteiger partial charge in [-0.15, -0.1) is 0 Å². The fourth-order valence-electron chi connectivity index (χ4n) is 2.81. The molecule has 0 radical (unpaired) electrons. The second-order valence-corrected chi connectivity index (χ2v) is 5.67. The molecule has 4 heterocycles. The highest BCUT2D eigenvalue weighted by Gasteiger charge is 2.33. The number of rotatable bonds is 1. The Kier molecular flexibility index (Phi) is 3.26. The Hall–Kier alpha value is -3.43. The molecule has 0 fully saturated rings. The van der Waals surface area contributed by atoms with Crippen molar-refractivity contribution in [3.63, 3.8) is 0 Å². The molecular formula is C16H10F3N5O2. The van der Waals surface area contributed by atoms with E-state index >= 15 is 0 Å². The van der Waals surface area contributed by atoms with E-state index in [-0.39, 0.29) is 22.6 Å². The minimum absolute atomic E-state index is 0.0740. The van der Waals surface area contributed by atoms with Gasteiger partial charge in [-0.1, -0.05) is 0 Å². The highest BCUT2D eigenvalue weighted by molar-refractivity contribution is 6.03. The summed E-state index contributed by atoms with van der Waals surface area (Å²) in [6, 6.07) is 3.32. The molecule has 0 aliphatic rings. The molecular weight excluding hydrogens is 351 g/mol. The van der Waals surface area contributed by atoms with Crippen LogP contribution >= 0.6 is 0 Å². The monoisotopic (exact) mass is 361 g/mol. The molecule has 0 unspecified atom stereocenters. The maximum absolute atomic E-state index is 13.1. The molecule has 0 bridgehead atoms. The first-order valence-electron chi connectivity index (χ1n) is 7.36. The van der Waals surface area contributed by atoms with Crippen molar-refractivity contribution in [1.82, 2.24) is 24.3 Å². The van der Waals surface area contributed by atoms with Crippen molar-refractivity contribution >= 4 is 21.9 Å². The van der Waals surface area contributed by atoms with Crippen LogP contribution in [0.4, 0.5) is 13.2 Å². The normalized spacial score (nSPS) is 12.2. The summed E-state index contributed by atoms with van der Waals surface area (Å²) in [7, 11) is 1.60. The van der Waals surface area contributed by atoms with Gasteiger partial charge in [-0.25, -0.2) is 4.98 Å². The average Bonchev–Trinajstić information content (AvgIpc) is 2.96. The van der Waals surface area contributed by atoms with E-state index in [1.807, 2.05) is 0 Å². The zero-order chi connectivity index (χ0) is 18.6. The summed E-state index contributed by atoms with van der Waals surface area (Å²) in [4.78, 5) is 20.3. The summed E-state index contributed by atoms with van der Waals surface area (Å²) in [6.45, 7) is 0. The summed E-state index contributed by atoms with van der Waals surface area (Å²) in [5.74, 6) is -0.240. The third-order valence-electron chi connectivity index (χ3n) is 3.87. The van der Waals surface area contributed by atoms with Gasteiger partial charge in [0.05, 0.1) is 18.1 Å². The highest BCUT2D eigenvalue weighted by atomic mass is 19.4. The lowest BCUT2D eigenvalue weighted by Gasteiger charge is -2.12. The van der Waals surface area contributed by atoms with Gasteiger partial charge in [-0.05, 0) is 12.1 Å². The Morgan fingerprint density at radius 3 is 2.62 bits per heavy atom. The van der Waals surface area contributed by atoms with E-state index in [1.165, 1.54) is 23.0 Å². The highest BCUT2D eigenvalue weighted by Crippen LogP contribution is 2.31. The van der Waals surface area contributed by atoms with Gasteiger partial charge in [0.1, 0.15) is 17.1 Å². The first-order chi connectivity index (χ1) is 12.3. The molecule has 0 saturated carbocycles. The molecule has 0 aromatic carbocycles. The topological polar surface area (TPSA) is 85.8 Å². The van der Waals surface area contributed by atoms with Crippen molar-refractivity contribution in [2.24, 2.45) is 7.05 Å². The van der Waals surface area contributed by atoms with Gasteiger partial charge in [0.2, 0.25) is 0 Å². The Morgan fingerprint density at radius 2 is 1.92 bits per heavy atom. The van der Waals surface area contributed by atoms with Gasteiger partial charge in [0.25, 0.3) is 5.56 Å². The van der Waals surface area contributed by atoms with Crippen LogP contribution in [0, 0.1) is 0 Å². The first kappa shape index (κ1) is 16.1. The van der Waals surface area contributed by atoms with Crippen LogP contribution in [-0.2, 0) is 13.2 Å². The largest absolute Gasteiger partial charge is 0.506 e. The second kappa shape index (κ2) is 5.28. The van der Waals surface area contributed by atoms with Crippen molar-refractivity contribution < 1.29 is 18.3 Å². The molecule has 4 aromatic rings. The average molecular weight is 361 g/mol. The number of nitrogens with zero attached hydrogens (tertiary/aromatic N) is 5. The molecule has 0 spiro atoms. The number of aromatic nitrogens is 5. The number of hydrogen-bond acceptors (Lipinski definition) is 5. The molecule has 4 aromatic heterocycles. The van der Waals surface area contributed by atoms with Crippen LogP contribution in [0.1, 0.15) is 5.69 Å². The number of alkyl halides is 3. The smallest absolute Gasteiger partial charge is 0.433 e. The van der Waals surface area contributed by atoms with Crippen LogP contribution < -0.4 is 5.56 Å². The SMILES string of the molecule is Cn1cc2c(n1)c(=O)n(-c1cncc(O)c1)c1nc(C(F)(F)F)ccc21. The van der Waals surface area contributed by atoms with E-state index in [9.17, 15) is 23.1 Å². The number of pyridine rings is 3. The van der Waals surface area contributed by atoms with E-state index in [4.69, 9.17) is 0 Å². The van der Waals surface area contributed by atoms with Crippen molar-refractivity contribution in [3.05, 3.63) is 52.8 Å². The van der Waals surface area contributed by atoms with E-state index in [0.717, 1.165) is 16.8 Å². The van der Waals surface area contributed by atoms with E-state index in [0.29, 0.717) is 10.8 Å². The van der Waals surface area contributed by atoms with Crippen molar-refractivity contribution in [2.45, 2.75) is 6.18 Å². The summed E-state index contributed by atoms with van der Waals surface area (Å²) in [5, 5.41) is 14.4. The lowest BCUT2D eigenvalue weighted by molar-refractivity contribution is -0.141. The number of fused-ring (bicyclic) bond motifs is 3. The molecule has 0 amide bonds. The van der Waals surface area contributed by atoms with Crippen LogP contribution in [0.5, 0.6) is 5.75 Å². The van der Waals surface area contributed by atoms with Crippen molar-refractivity contribution in [2.75, 3.05) is 0 Å². The number of aromatic hydroxyl groups is 1. The Bertz CT molecular complexity index is 1230. The number of hydrogen-bond donors (Lipinski definition) is 1. The zero-order valence-electron chi connectivity index (χ0n) is 13.2. The lowest BCUT2D eigenvalue weighted by atomic mass is 10.1. The predicted molar refractivity (Wildman–Crippen MR) is 86.1 cm³/mol. The van der Waals surface area contributed by atoms with Gasteiger partial charge in [0.15, 0.2) is 5.52 Å². The summed E-state index contributed by atoms with van der Waals surface area (Å²) in [5.41, 5.74) is -1.83. The molecule has 0 aliphatic heterocycles. The Morgan fingerprint density at radius 1 is 1.15 bits per heavy atom. The standard InChI is InChI=1S/C16H10F3N5O2/c1-23-7-11-10-2-3-12(16(17,18)19)21-14(10)24(15(26)13(11)22-23)8-4-9(25)6-20-5-8/h2-7,25H,1H3. The van der Waals surface area contributed by atoms with Crippen molar-refractivity contribution in [3.8, 4) is 11.4 Å². The minimum atomic E-state index is -4.67. The first-order valence-corrected chi connectivity index (χ1v) is 7.36. The lowest BCUT2D eigenvalue weighted by Crippen LogP contribution is -2.21. The molecule has 0 atom stereocenters. The Labute approximate surface area is 143 Å². The maximum atomic E-state index is 13.1. The fourth-order valence-corrected chi connectivity index (χ4v) is 2.81. The molecule has 0 saturated heterocycles. The van der Waals surface area contributed by atoms with Gasteiger partial charge < -0.3 is 5.11 Å². The van der Waals surface area contributed by atoms with Crippen LogP contribution in [-0.4, -0.2) is 29.4 Å². The molecule has 4 rings (SSSR count). The summed E-state index contributed by atoms with van der Waals surface area (Å²) < 4.78 is 41.7. The van der Waals surface area contributed by atoms with Crippen molar-refractivity contribution in [1.29, 1.82) is 0 Å². The Balaban J connectivity index is 2.22. The molecule has 132 valence electrons. The number of aryl methyl sites for hydroxylation is 1. The third-order valence-corrected chi connectivity index (χ3v) is 3.87.